The molecule has 1 amide bonds. The highest BCUT2D eigenvalue weighted by atomic mass is 35.5. The summed E-state index contributed by atoms with van der Waals surface area (Å²) in [4.78, 5) is 22.5. The number of carbonyl (C=O) groups excluding carboxylic acids is 1. The van der Waals surface area contributed by atoms with Crippen LogP contribution in [0.2, 0.25) is 0 Å². The van der Waals surface area contributed by atoms with Crippen LogP contribution in [-0.2, 0) is 14.6 Å². The number of aromatic nitrogens is 2. The standard InChI is InChI=1S/C17H27N5O3S.ClH/c1-12(23)20-14-5-8-22(9-6-14)17-19-11-15(26(2,24)25)16(21-17)13-4-3-7-18-10-13;/h11,13-14,18H,3-10H2,1-2H3,(H,20,23);1H. The number of hydrogen-bond donors (Lipinski definition) is 2. The molecule has 1 aromatic heterocycles. The highest BCUT2D eigenvalue weighted by Gasteiger charge is 2.27. The van der Waals surface area contributed by atoms with Crippen molar-refractivity contribution in [2.24, 2.45) is 0 Å². The number of piperidine rings is 2. The van der Waals surface area contributed by atoms with Crippen molar-refractivity contribution >= 4 is 34.1 Å². The summed E-state index contributed by atoms with van der Waals surface area (Å²) in [6, 6.07) is 0.182. The molecule has 1 unspecified atom stereocenters. The van der Waals surface area contributed by atoms with Gasteiger partial charge < -0.3 is 15.5 Å². The molecule has 0 radical (unpaired) electrons. The van der Waals surface area contributed by atoms with Gasteiger partial charge in [0, 0.05) is 44.8 Å². The van der Waals surface area contributed by atoms with E-state index in [0.29, 0.717) is 11.6 Å². The summed E-state index contributed by atoms with van der Waals surface area (Å²) in [5.41, 5.74) is 0.633. The summed E-state index contributed by atoms with van der Waals surface area (Å²) in [6.07, 6.45) is 6.27. The molecule has 3 rings (SSSR count). The van der Waals surface area contributed by atoms with Crippen LogP contribution in [0.5, 0.6) is 0 Å². The molecule has 1 aromatic rings. The number of anilines is 1. The lowest BCUT2D eigenvalue weighted by Crippen LogP contribution is -2.44. The first-order valence-corrected chi connectivity index (χ1v) is 11.0. The summed E-state index contributed by atoms with van der Waals surface area (Å²) in [7, 11) is -3.37. The third-order valence-corrected chi connectivity index (χ3v) is 6.15. The van der Waals surface area contributed by atoms with Gasteiger partial charge in [0.15, 0.2) is 9.84 Å². The molecule has 0 aromatic carbocycles. The Morgan fingerprint density at radius 2 is 2.00 bits per heavy atom. The van der Waals surface area contributed by atoms with Gasteiger partial charge in [0.25, 0.3) is 0 Å². The molecule has 2 N–H and O–H groups in total. The van der Waals surface area contributed by atoms with Crippen molar-refractivity contribution in [3.63, 3.8) is 0 Å². The average molecular weight is 418 g/mol. The minimum absolute atomic E-state index is 0. The van der Waals surface area contributed by atoms with Crippen molar-refractivity contribution in [2.75, 3.05) is 37.3 Å². The minimum atomic E-state index is -3.37. The number of nitrogens with one attached hydrogen (secondary N) is 2. The summed E-state index contributed by atoms with van der Waals surface area (Å²) in [5, 5.41) is 6.28. The third kappa shape index (κ3) is 5.52. The molecule has 3 heterocycles. The quantitative estimate of drug-likeness (QED) is 0.749. The second kappa shape index (κ2) is 9.16. The van der Waals surface area contributed by atoms with Crippen molar-refractivity contribution in [2.45, 2.75) is 49.5 Å². The van der Waals surface area contributed by atoms with E-state index < -0.39 is 9.84 Å². The third-order valence-electron chi connectivity index (χ3n) is 5.04. The number of halogens is 1. The van der Waals surface area contributed by atoms with E-state index in [1.54, 1.807) is 0 Å². The molecule has 8 nitrogen and oxygen atoms in total. The molecule has 0 saturated carbocycles. The Hall–Kier alpha value is -1.45. The topological polar surface area (TPSA) is 104 Å². The van der Waals surface area contributed by atoms with Crippen molar-refractivity contribution < 1.29 is 13.2 Å². The van der Waals surface area contributed by atoms with Gasteiger partial charge in [0.1, 0.15) is 4.90 Å². The Bertz CT molecular complexity index is 760. The maximum absolute atomic E-state index is 12.2. The number of nitrogens with zero attached hydrogens (tertiary/aromatic N) is 3. The molecule has 0 spiro atoms. The normalized spacial score (nSPS) is 21.4. The smallest absolute Gasteiger partial charge is 0.225 e. The van der Waals surface area contributed by atoms with E-state index in [1.807, 2.05) is 0 Å². The molecule has 2 aliphatic rings. The van der Waals surface area contributed by atoms with E-state index in [9.17, 15) is 13.2 Å². The van der Waals surface area contributed by atoms with Crippen molar-refractivity contribution in [3.05, 3.63) is 11.9 Å². The first-order valence-electron chi connectivity index (χ1n) is 9.14. The summed E-state index contributed by atoms with van der Waals surface area (Å²) in [6.45, 7) is 4.71. The number of hydrogen-bond acceptors (Lipinski definition) is 7. The molecule has 2 fully saturated rings. The molecule has 2 saturated heterocycles. The summed E-state index contributed by atoms with van der Waals surface area (Å²) >= 11 is 0. The number of carbonyl (C=O) groups is 1. The van der Waals surface area contributed by atoms with Gasteiger partial charge in [-0.1, -0.05) is 0 Å². The second-order valence-corrected chi connectivity index (χ2v) is 9.18. The molecular weight excluding hydrogens is 390 g/mol. The first kappa shape index (κ1) is 21.8. The highest BCUT2D eigenvalue weighted by Crippen LogP contribution is 2.29. The Balaban J connectivity index is 0.00000261. The van der Waals surface area contributed by atoms with Crippen LogP contribution in [0.1, 0.15) is 44.2 Å². The van der Waals surface area contributed by atoms with Crippen LogP contribution in [0.3, 0.4) is 0 Å². The second-order valence-electron chi connectivity index (χ2n) is 7.20. The molecule has 152 valence electrons. The van der Waals surface area contributed by atoms with Gasteiger partial charge in [-0.15, -0.1) is 12.4 Å². The first-order chi connectivity index (χ1) is 12.3. The van der Waals surface area contributed by atoms with Crippen molar-refractivity contribution in [1.82, 2.24) is 20.6 Å². The van der Waals surface area contributed by atoms with Gasteiger partial charge in [-0.05, 0) is 32.2 Å². The Morgan fingerprint density at radius 3 is 2.56 bits per heavy atom. The minimum Gasteiger partial charge on any atom is -0.353 e. The molecule has 27 heavy (non-hydrogen) atoms. The summed E-state index contributed by atoms with van der Waals surface area (Å²) in [5.74, 6) is 0.663. The number of rotatable bonds is 4. The van der Waals surface area contributed by atoms with Gasteiger partial charge in [-0.2, -0.15) is 0 Å². The zero-order chi connectivity index (χ0) is 18.7. The molecule has 10 heteroatoms. The zero-order valence-corrected chi connectivity index (χ0v) is 17.4. The lowest BCUT2D eigenvalue weighted by molar-refractivity contribution is -0.119. The molecule has 1 atom stereocenters. The Morgan fingerprint density at radius 1 is 1.30 bits per heavy atom. The van der Waals surface area contributed by atoms with Crippen LogP contribution in [-0.4, -0.2) is 62.8 Å². The Kier molecular flexibility index (Phi) is 7.41. The predicted molar refractivity (Wildman–Crippen MR) is 106 cm³/mol. The fourth-order valence-corrected chi connectivity index (χ4v) is 4.54. The molecule has 0 bridgehead atoms. The van der Waals surface area contributed by atoms with E-state index in [1.165, 1.54) is 19.4 Å². The zero-order valence-electron chi connectivity index (χ0n) is 15.8. The monoisotopic (exact) mass is 417 g/mol. The van der Waals surface area contributed by atoms with Crippen LogP contribution in [0.25, 0.3) is 0 Å². The molecular formula is C17H28ClN5O3S. The van der Waals surface area contributed by atoms with E-state index in [2.05, 4.69) is 25.5 Å². The van der Waals surface area contributed by atoms with Crippen LogP contribution < -0.4 is 15.5 Å². The lowest BCUT2D eigenvalue weighted by Gasteiger charge is -2.33. The molecule has 0 aliphatic carbocycles. The fourth-order valence-electron chi connectivity index (χ4n) is 3.70. The van der Waals surface area contributed by atoms with Crippen molar-refractivity contribution in [3.8, 4) is 0 Å². The maximum Gasteiger partial charge on any atom is 0.225 e. The largest absolute Gasteiger partial charge is 0.353 e. The van der Waals surface area contributed by atoms with Gasteiger partial charge in [0.2, 0.25) is 11.9 Å². The predicted octanol–water partition coefficient (Wildman–Crippen LogP) is 0.874. The highest BCUT2D eigenvalue weighted by molar-refractivity contribution is 7.90. The van der Waals surface area contributed by atoms with Crippen LogP contribution in [0, 0.1) is 0 Å². The van der Waals surface area contributed by atoms with E-state index in [0.717, 1.165) is 51.9 Å². The lowest BCUT2D eigenvalue weighted by atomic mass is 9.96. The maximum atomic E-state index is 12.2. The summed E-state index contributed by atoms with van der Waals surface area (Å²) < 4.78 is 24.4. The van der Waals surface area contributed by atoms with Gasteiger partial charge in [-0.3, -0.25) is 4.79 Å². The van der Waals surface area contributed by atoms with E-state index >= 15 is 0 Å². The Labute approximate surface area is 166 Å². The molecule has 2 aliphatic heterocycles. The fraction of sp³-hybridized carbons (Fsp3) is 0.706. The van der Waals surface area contributed by atoms with E-state index in [-0.39, 0.29) is 35.2 Å². The van der Waals surface area contributed by atoms with Crippen LogP contribution in [0.15, 0.2) is 11.1 Å². The van der Waals surface area contributed by atoms with E-state index in [4.69, 9.17) is 0 Å². The average Bonchev–Trinajstić information content (AvgIpc) is 2.61. The van der Waals surface area contributed by atoms with Crippen LogP contribution in [0.4, 0.5) is 5.95 Å². The van der Waals surface area contributed by atoms with Crippen molar-refractivity contribution in [1.29, 1.82) is 0 Å². The van der Waals surface area contributed by atoms with Crippen LogP contribution >= 0.6 is 12.4 Å². The number of amides is 1. The van der Waals surface area contributed by atoms with Gasteiger partial charge >= 0.3 is 0 Å². The van der Waals surface area contributed by atoms with Gasteiger partial charge in [-0.25, -0.2) is 18.4 Å². The number of sulfone groups is 1. The SMILES string of the molecule is CC(=O)NC1CCN(c2ncc(S(C)(=O)=O)c(C3CCCNC3)n2)CC1.Cl. The van der Waals surface area contributed by atoms with Gasteiger partial charge in [0.05, 0.1) is 11.9 Å².